The number of hydrogen-bond acceptors (Lipinski definition) is 2. The molecule has 0 spiro atoms. The van der Waals surface area contributed by atoms with Crippen LogP contribution in [-0.2, 0) is 6.18 Å². The van der Waals surface area contributed by atoms with Crippen molar-refractivity contribution in [2.45, 2.75) is 6.18 Å². The molecule has 16 heavy (non-hydrogen) atoms. The molecule has 0 saturated carbocycles. The maximum atomic E-state index is 12.2. The molecule has 0 aliphatic carbocycles. The normalized spacial score (nSPS) is 12.4. The van der Waals surface area contributed by atoms with E-state index < -0.39 is 11.7 Å². The molecule has 4 N–H and O–H groups in total. The maximum absolute atomic E-state index is 12.2. The first-order valence-corrected chi connectivity index (χ1v) is 4.35. The zero-order chi connectivity index (χ0) is 12.2. The number of hydrogen-bond donors (Lipinski definition) is 3. The molecule has 0 aromatic heterocycles. The fourth-order valence-electron chi connectivity index (χ4n) is 1.04. The van der Waals surface area contributed by atoms with Crippen LogP contribution in [0.5, 0.6) is 0 Å². The molecule has 0 bridgehead atoms. The van der Waals surface area contributed by atoms with Gasteiger partial charge in [0, 0.05) is 12.7 Å². The molecule has 0 atom stereocenters. The van der Waals surface area contributed by atoms with E-state index in [1.54, 1.807) is 0 Å². The smallest absolute Gasteiger partial charge is 0.325 e. The molecule has 0 fully saturated rings. The third-order valence-corrected chi connectivity index (χ3v) is 1.84. The van der Waals surface area contributed by atoms with Crippen molar-refractivity contribution in [3.05, 3.63) is 29.8 Å². The summed E-state index contributed by atoms with van der Waals surface area (Å²) in [7, 11) is 1.49. The van der Waals surface area contributed by atoms with Gasteiger partial charge in [0.1, 0.15) is 0 Å². The number of alkyl halides is 3. The molecule has 0 heterocycles. The van der Waals surface area contributed by atoms with E-state index in [0.717, 1.165) is 12.1 Å². The number of guanidine groups is 1. The number of halogens is 3. The van der Waals surface area contributed by atoms with Crippen LogP contribution in [0.2, 0.25) is 0 Å². The van der Waals surface area contributed by atoms with Crippen LogP contribution < -0.4 is 16.6 Å². The second-order valence-electron chi connectivity index (χ2n) is 2.92. The van der Waals surface area contributed by atoms with Gasteiger partial charge in [0.25, 0.3) is 0 Å². The predicted molar refractivity (Wildman–Crippen MR) is 55.7 cm³/mol. The van der Waals surface area contributed by atoms with Crippen LogP contribution in [0.15, 0.2) is 29.3 Å². The standard InChI is InChI=1S/C9H11F3N4/c1-14-8(16-13)15-7-4-2-6(3-5-7)9(10,11)12/h2-5H,13H2,1H3,(H2,14,15,16). The second kappa shape index (κ2) is 4.84. The van der Waals surface area contributed by atoms with Gasteiger partial charge in [0.15, 0.2) is 0 Å². The molecule has 0 saturated heterocycles. The van der Waals surface area contributed by atoms with E-state index in [0.29, 0.717) is 5.69 Å². The van der Waals surface area contributed by atoms with Crippen LogP contribution in [0.4, 0.5) is 18.9 Å². The lowest BCUT2D eigenvalue weighted by Crippen LogP contribution is -2.36. The zero-order valence-corrected chi connectivity index (χ0v) is 8.47. The van der Waals surface area contributed by atoms with Gasteiger partial charge in [-0.05, 0) is 24.3 Å². The number of aliphatic imine (C=N–C) groups is 1. The summed E-state index contributed by atoms with van der Waals surface area (Å²) >= 11 is 0. The number of nitrogens with one attached hydrogen (secondary N) is 2. The Morgan fingerprint density at radius 3 is 2.19 bits per heavy atom. The van der Waals surface area contributed by atoms with Crippen LogP contribution in [0.3, 0.4) is 0 Å². The van der Waals surface area contributed by atoms with E-state index in [4.69, 9.17) is 5.84 Å². The maximum Gasteiger partial charge on any atom is 0.416 e. The molecule has 0 unspecified atom stereocenters. The first kappa shape index (κ1) is 12.3. The quantitative estimate of drug-likeness (QED) is 0.298. The van der Waals surface area contributed by atoms with Gasteiger partial charge < -0.3 is 5.32 Å². The van der Waals surface area contributed by atoms with Gasteiger partial charge in [-0.2, -0.15) is 13.2 Å². The molecule has 0 aliphatic rings. The van der Waals surface area contributed by atoms with E-state index >= 15 is 0 Å². The summed E-state index contributed by atoms with van der Waals surface area (Å²) in [5.74, 6) is 5.37. The van der Waals surface area contributed by atoms with Crippen LogP contribution in [0.1, 0.15) is 5.56 Å². The van der Waals surface area contributed by atoms with Crippen molar-refractivity contribution in [3.8, 4) is 0 Å². The summed E-state index contributed by atoms with van der Waals surface area (Å²) in [6.45, 7) is 0. The summed E-state index contributed by atoms with van der Waals surface area (Å²) in [5.41, 5.74) is 2.03. The predicted octanol–water partition coefficient (Wildman–Crippen LogP) is 1.57. The summed E-state index contributed by atoms with van der Waals surface area (Å²) in [6, 6.07) is 4.55. The average Bonchev–Trinajstić information content (AvgIpc) is 2.25. The van der Waals surface area contributed by atoms with Gasteiger partial charge in [0.2, 0.25) is 5.96 Å². The summed E-state index contributed by atoms with van der Waals surface area (Å²) in [4.78, 5) is 3.72. The number of nitrogens with zero attached hydrogens (tertiary/aromatic N) is 1. The lowest BCUT2D eigenvalue weighted by Gasteiger charge is -2.10. The first-order chi connectivity index (χ1) is 7.47. The minimum Gasteiger partial charge on any atom is -0.325 e. The second-order valence-corrected chi connectivity index (χ2v) is 2.92. The Morgan fingerprint density at radius 1 is 1.25 bits per heavy atom. The highest BCUT2D eigenvalue weighted by molar-refractivity contribution is 5.93. The van der Waals surface area contributed by atoms with Gasteiger partial charge in [-0.25, -0.2) is 5.84 Å². The highest BCUT2D eigenvalue weighted by Crippen LogP contribution is 2.29. The van der Waals surface area contributed by atoms with E-state index in [1.165, 1.54) is 19.2 Å². The number of hydrazine groups is 1. The Bertz CT molecular complexity index is 369. The Labute approximate surface area is 90.3 Å². The largest absolute Gasteiger partial charge is 0.416 e. The molecule has 1 aromatic rings. The Kier molecular flexibility index (Phi) is 3.73. The molecular weight excluding hydrogens is 221 g/mol. The van der Waals surface area contributed by atoms with Crippen molar-refractivity contribution < 1.29 is 13.2 Å². The number of rotatable bonds is 1. The van der Waals surface area contributed by atoms with Gasteiger partial charge >= 0.3 is 6.18 Å². The van der Waals surface area contributed by atoms with Crippen LogP contribution >= 0.6 is 0 Å². The molecule has 88 valence electrons. The number of nitrogens with two attached hydrogens (primary N) is 1. The van der Waals surface area contributed by atoms with E-state index in [1.807, 2.05) is 0 Å². The van der Waals surface area contributed by atoms with Crippen LogP contribution in [0, 0.1) is 0 Å². The molecule has 0 radical (unpaired) electrons. The fraction of sp³-hybridized carbons (Fsp3) is 0.222. The van der Waals surface area contributed by atoms with Gasteiger partial charge in [0.05, 0.1) is 5.56 Å². The van der Waals surface area contributed by atoms with Crippen LogP contribution in [0.25, 0.3) is 0 Å². The van der Waals surface area contributed by atoms with Crippen molar-refractivity contribution in [2.24, 2.45) is 10.8 Å². The SMILES string of the molecule is CN=C(NN)Nc1ccc(C(F)(F)F)cc1. The Balaban J connectivity index is 2.80. The molecule has 1 aromatic carbocycles. The van der Waals surface area contributed by atoms with E-state index in [9.17, 15) is 13.2 Å². The summed E-state index contributed by atoms with van der Waals surface area (Å²) < 4.78 is 36.7. The molecule has 0 aliphatic heterocycles. The highest BCUT2D eigenvalue weighted by atomic mass is 19.4. The van der Waals surface area contributed by atoms with Gasteiger partial charge in [-0.3, -0.25) is 10.4 Å². The van der Waals surface area contributed by atoms with Crippen molar-refractivity contribution in [1.82, 2.24) is 5.43 Å². The fourth-order valence-corrected chi connectivity index (χ4v) is 1.04. The molecule has 7 heteroatoms. The van der Waals surface area contributed by atoms with Crippen molar-refractivity contribution in [1.29, 1.82) is 0 Å². The van der Waals surface area contributed by atoms with Crippen molar-refractivity contribution >= 4 is 11.6 Å². The third-order valence-electron chi connectivity index (χ3n) is 1.84. The topological polar surface area (TPSA) is 62.4 Å². The lowest BCUT2D eigenvalue weighted by molar-refractivity contribution is -0.137. The third kappa shape index (κ3) is 3.13. The Morgan fingerprint density at radius 2 is 1.81 bits per heavy atom. The van der Waals surface area contributed by atoms with Crippen molar-refractivity contribution in [2.75, 3.05) is 12.4 Å². The van der Waals surface area contributed by atoms with Crippen LogP contribution in [-0.4, -0.2) is 13.0 Å². The summed E-state index contributed by atoms with van der Waals surface area (Å²) in [6.07, 6.45) is -4.33. The molecule has 4 nitrogen and oxygen atoms in total. The van der Waals surface area contributed by atoms with E-state index in [-0.39, 0.29) is 5.96 Å². The minimum absolute atomic E-state index is 0.264. The summed E-state index contributed by atoms with van der Waals surface area (Å²) in [5, 5.41) is 2.70. The lowest BCUT2D eigenvalue weighted by atomic mass is 10.2. The minimum atomic E-state index is -4.33. The number of anilines is 1. The molecule has 0 amide bonds. The highest BCUT2D eigenvalue weighted by Gasteiger charge is 2.29. The van der Waals surface area contributed by atoms with E-state index in [2.05, 4.69) is 15.7 Å². The zero-order valence-electron chi connectivity index (χ0n) is 8.47. The molecule has 1 rings (SSSR count). The monoisotopic (exact) mass is 232 g/mol. The average molecular weight is 232 g/mol. The Hall–Kier alpha value is -1.76. The van der Waals surface area contributed by atoms with Gasteiger partial charge in [-0.15, -0.1) is 0 Å². The number of benzene rings is 1. The molecular formula is C9H11F3N4. The van der Waals surface area contributed by atoms with Crippen molar-refractivity contribution in [3.63, 3.8) is 0 Å². The van der Waals surface area contributed by atoms with Gasteiger partial charge in [-0.1, -0.05) is 0 Å². The first-order valence-electron chi connectivity index (χ1n) is 4.35.